The molecule has 0 saturated heterocycles. The number of carbonyl (C=O) groups excluding carboxylic acids is 2. The van der Waals surface area contributed by atoms with Crippen molar-refractivity contribution in [1.82, 2.24) is 0 Å². The number of hydrogen-bond donors (Lipinski definition) is 0. The third kappa shape index (κ3) is 10.1. The lowest BCUT2D eigenvalue weighted by molar-refractivity contribution is -0.138. The minimum Gasteiger partial charge on any atom is -0.519 e. The van der Waals surface area contributed by atoms with Crippen molar-refractivity contribution in [3.8, 4) is 0 Å². The van der Waals surface area contributed by atoms with Crippen molar-refractivity contribution in [3.63, 3.8) is 0 Å². The Morgan fingerprint density at radius 3 is 1.24 bits per heavy atom. The molecule has 0 N–H and O–H groups in total. The molecule has 0 fully saturated rings. The molecule has 29 heavy (non-hydrogen) atoms. The molecule has 0 radical (unpaired) electrons. The number of hydrogen-bond acceptors (Lipinski definition) is 4. The lowest BCUT2D eigenvalue weighted by atomic mass is 10.2. The summed E-state index contributed by atoms with van der Waals surface area (Å²) in [5.74, 6) is -0.666. The van der Waals surface area contributed by atoms with Crippen LogP contribution in [0.5, 0.6) is 0 Å². The highest BCUT2D eigenvalue weighted by molar-refractivity contribution is 6.75. The van der Waals surface area contributed by atoms with E-state index in [2.05, 4.69) is 48.1 Å². The average molecular weight is 443 g/mol. The van der Waals surface area contributed by atoms with Gasteiger partial charge in [-0.1, -0.05) is 86.6 Å². The molecule has 0 spiro atoms. The Labute approximate surface area is 182 Å². The van der Waals surface area contributed by atoms with Gasteiger partial charge in [0.2, 0.25) is 0 Å². The van der Waals surface area contributed by atoms with Gasteiger partial charge >= 0.3 is 5.97 Å². The van der Waals surface area contributed by atoms with Crippen LogP contribution in [0.2, 0.25) is 36.3 Å². The number of rotatable bonds is 17. The Morgan fingerprint density at radius 1 is 0.621 bits per heavy atom. The van der Waals surface area contributed by atoms with E-state index in [1.54, 1.807) is 0 Å². The van der Waals surface area contributed by atoms with Gasteiger partial charge in [-0.25, -0.2) is 4.79 Å². The van der Waals surface area contributed by atoms with Crippen LogP contribution in [0, 0.1) is 0 Å². The Morgan fingerprint density at radius 2 is 0.931 bits per heavy atom. The molecule has 6 heteroatoms. The molecule has 0 rings (SSSR count). The average Bonchev–Trinajstić information content (AvgIpc) is 2.62. The maximum atomic E-state index is 12.8. The van der Waals surface area contributed by atoms with Gasteiger partial charge in [-0.3, -0.25) is 4.79 Å². The molecule has 0 aliphatic heterocycles. The van der Waals surface area contributed by atoms with E-state index in [9.17, 15) is 9.59 Å². The Hall–Kier alpha value is -0.886. The summed E-state index contributed by atoms with van der Waals surface area (Å²) in [6.07, 6.45) is 6.11. The molecule has 4 nitrogen and oxygen atoms in total. The second-order valence-corrected chi connectivity index (χ2v) is 16.7. The zero-order valence-corrected chi connectivity index (χ0v) is 22.0. The zero-order chi connectivity index (χ0) is 22.3. The van der Waals surface area contributed by atoms with E-state index in [4.69, 9.17) is 8.85 Å². The van der Waals surface area contributed by atoms with Crippen molar-refractivity contribution in [2.45, 2.75) is 123 Å². The van der Waals surface area contributed by atoms with Crippen molar-refractivity contribution < 1.29 is 18.4 Å². The van der Waals surface area contributed by atoms with Crippen LogP contribution in [0.3, 0.4) is 0 Å². The normalized spacial score (nSPS) is 11.9. The van der Waals surface area contributed by atoms with Crippen molar-refractivity contribution in [1.29, 1.82) is 0 Å². The van der Waals surface area contributed by atoms with E-state index in [0.29, 0.717) is 0 Å². The summed E-state index contributed by atoms with van der Waals surface area (Å²) in [6, 6.07) is 5.94. The van der Waals surface area contributed by atoms with Gasteiger partial charge in [-0.2, -0.15) is 0 Å². The molecule has 0 atom stereocenters. The first-order chi connectivity index (χ1) is 13.8. The fourth-order valence-corrected chi connectivity index (χ4v) is 13.3. The highest BCUT2D eigenvalue weighted by Gasteiger charge is 2.38. The van der Waals surface area contributed by atoms with E-state index in [-0.39, 0.29) is 23.9 Å². The van der Waals surface area contributed by atoms with E-state index in [1.165, 1.54) is 0 Å². The molecule has 0 aromatic heterocycles. The Kier molecular flexibility index (Phi) is 14.5. The van der Waals surface area contributed by atoms with E-state index in [0.717, 1.165) is 74.8 Å². The van der Waals surface area contributed by atoms with Gasteiger partial charge in [-0.05, 0) is 36.3 Å². The third-order valence-electron chi connectivity index (χ3n) is 5.52. The predicted molar refractivity (Wildman–Crippen MR) is 128 cm³/mol. The van der Waals surface area contributed by atoms with Crippen molar-refractivity contribution in [3.05, 3.63) is 12.2 Å². The van der Waals surface area contributed by atoms with Crippen LogP contribution < -0.4 is 0 Å². The molecule has 0 saturated carbocycles. The molecule has 0 aromatic rings. The van der Waals surface area contributed by atoms with E-state index in [1.807, 2.05) is 0 Å². The minimum atomic E-state index is -2.11. The topological polar surface area (TPSA) is 52.6 Å². The van der Waals surface area contributed by atoms with Crippen LogP contribution in [0.4, 0.5) is 0 Å². The third-order valence-corrected chi connectivity index (χ3v) is 15.3. The van der Waals surface area contributed by atoms with Crippen LogP contribution in [0.25, 0.3) is 0 Å². The van der Waals surface area contributed by atoms with Crippen molar-refractivity contribution >= 4 is 28.6 Å². The van der Waals surface area contributed by atoms with Gasteiger partial charge in [0.15, 0.2) is 0 Å². The van der Waals surface area contributed by atoms with Gasteiger partial charge in [-0.15, -0.1) is 0 Å². The molecule has 0 amide bonds. The monoisotopic (exact) mass is 442 g/mol. The quantitative estimate of drug-likeness (QED) is 0.174. The first-order valence-corrected chi connectivity index (χ1v) is 17.0. The lowest BCUT2D eigenvalue weighted by Gasteiger charge is -2.32. The van der Waals surface area contributed by atoms with Gasteiger partial charge < -0.3 is 8.85 Å². The predicted octanol–water partition coefficient (Wildman–Crippen LogP) is 7.37. The summed E-state index contributed by atoms with van der Waals surface area (Å²) >= 11 is 0. The molecule has 0 bridgehead atoms. The largest absolute Gasteiger partial charge is 0.519 e. The minimum absolute atomic E-state index is 0.0421. The highest BCUT2D eigenvalue weighted by atomic mass is 28.4. The van der Waals surface area contributed by atoms with Crippen LogP contribution in [-0.4, -0.2) is 28.6 Å². The molecule has 0 aliphatic carbocycles. The second kappa shape index (κ2) is 15.0. The molecule has 170 valence electrons. The molecule has 0 aliphatic rings. The fourth-order valence-electron chi connectivity index (χ4n) is 4.58. The molecule has 0 aromatic carbocycles. The zero-order valence-electron chi connectivity index (χ0n) is 20.0. The van der Waals surface area contributed by atoms with Crippen LogP contribution >= 0.6 is 0 Å². The number of carbonyl (C=O) groups is 2. The summed E-state index contributed by atoms with van der Waals surface area (Å²) in [7, 11) is -4.19. The molecule has 0 heterocycles. The summed E-state index contributed by atoms with van der Waals surface area (Å²) < 4.78 is 12.2. The summed E-state index contributed by atoms with van der Waals surface area (Å²) in [4.78, 5) is 25.5. The summed E-state index contributed by atoms with van der Waals surface area (Å²) in [5, 5.41) is 0. The maximum absolute atomic E-state index is 12.8. The Bertz CT molecular complexity index is 471. The lowest BCUT2D eigenvalue weighted by Crippen LogP contribution is -2.41. The molecular formula is C23H46O4Si2. The van der Waals surface area contributed by atoms with E-state index < -0.39 is 16.6 Å². The van der Waals surface area contributed by atoms with Gasteiger partial charge in [0, 0.05) is 5.57 Å². The first kappa shape index (κ1) is 28.1. The van der Waals surface area contributed by atoms with Crippen molar-refractivity contribution in [2.24, 2.45) is 0 Å². The molecular weight excluding hydrogens is 396 g/mol. The first-order valence-electron chi connectivity index (χ1n) is 11.9. The SMILES string of the molecule is C=C(CC(=O)O[Si](CCC)(CCC)CCC)C(=O)O[Si](CCC)(CCC)CCC. The highest BCUT2D eigenvalue weighted by Crippen LogP contribution is 2.30. The summed E-state index contributed by atoms with van der Waals surface area (Å²) in [6.45, 7) is 16.8. The van der Waals surface area contributed by atoms with Gasteiger partial charge in [0.05, 0.1) is 6.42 Å². The van der Waals surface area contributed by atoms with Crippen LogP contribution in [0.1, 0.15) is 86.5 Å². The van der Waals surface area contributed by atoms with Crippen LogP contribution in [-0.2, 0) is 18.4 Å². The Balaban J connectivity index is 5.13. The summed E-state index contributed by atoms with van der Waals surface area (Å²) in [5.41, 5.74) is 0.252. The van der Waals surface area contributed by atoms with Gasteiger partial charge in [0.25, 0.3) is 22.6 Å². The van der Waals surface area contributed by atoms with Crippen LogP contribution in [0.15, 0.2) is 12.2 Å². The fraction of sp³-hybridized carbons (Fsp3) is 0.826. The maximum Gasteiger partial charge on any atom is 0.320 e. The molecule has 0 unspecified atom stereocenters. The standard InChI is InChI=1S/C23H46O4Si2/c1-8-14-28(15-9-2,16-10-3)26-22(24)20-21(7)23(25)27-29(17-11-4,18-12-5)19-13-6/h7-20H2,1-6H3. The van der Waals surface area contributed by atoms with Gasteiger partial charge in [0.1, 0.15) is 0 Å². The second-order valence-electron chi connectivity index (χ2n) is 8.51. The van der Waals surface area contributed by atoms with E-state index >= 15 is 0 Å². The van der Waals surface area contributed by atoms with Crippen molar-refractivity contribution in [2.75, 3.05) is 0 Å². The smallest absolute Gasteiger partial charge is 0.320 e.